The van der Waals surface area contributed by atoms with Crippen LogP contribution in [0.2, 0.25) is 0 Å². The Morgan fingerprint density at radius 2 is 1.92 bits per heavy atom. The van der Waals surface area contributed by atoms with Crippen molar-refractivity contribution >= 4 is 23.5 Å². The third-order valence-electron chi connectivity index (χ3n) is 3.36. The summed E-state index contributed by atoms with van der Waals surface area (Å²) in [5, 5.41) is 25.6. The number of hydrogen-bond donors (Lipinski definition) is 1. The normalized spacial score (nSPS) is 10.5. The average molecular weight is 358 g/mol. The van der Waals surface area contributed by atoms with Crippen molar-refractivity contribution in [1.82, 2.24) is 5.43 Å². The van der Waals surface area contributed by atoms with Gasteiger partial charge in [-0.1, -0.05) is 12.1 Å². The molecule has 0 aliphatic heterocycles. The van der Waals surface area contributed by atoms with Gasteiger partial charge in [0.05, 0.1) is 35.7 Å². The summed E-state index contributed by atoms with van der Waals surface area (Å²) in [5.74, 6) is -0.0374. The van der Waals surface area contributed by atoms with E-state index in [1.54, 1.807) is 24.3 Å². The predicted octanol–water partition coefficient (Wildman–Crippen LogP) is 2.20. The molecule has 0 aromatic heterocycles. The van der Waals surface area contributed by atoms with Crippen LogP contribution in [-0.4, -0.2) is 29.1 Å². The molecule has 1 N–H and O–H groups in total. The Hall–Kier alpha value is -3.82. The lowest BCUT2D eigenvalue weighted by molar-refractivity contribution is -0.394. The van der Waals surface area contributed by atoms with Crippen LogP contribution in [0.5, 0.6) is 5.75 Å². The van der Waals surface area contributed by atoms with Gasteiger partial charge in [0.1, 0.15) is 5.75 Å². The molecule has 0 unspecified atom stereocenters. The molecule has 1 amide bonds. The van der Waals surface area contributed by atoms with Crippen molar-refractivity contribution in [2.24, 2.45) is 5.10 Å². The van der Waals surface area contributed by atoms with Crippen molar-refractivity contribution in [3.8, 4) is 5.75 Å². The lowest BCUT2D eigenvalue weighted by Gasteiger charge is -2.04. The fraction of sp³-hybridized carbons (Fsp3) is 0.125. The number of hydrazone groups is 1. The molecule has 2 aromatic rings. The first kappa shape index (κ1) is 18.5. The van der Waals surface area contributed by atoms with Gasteiger partial charge in [0.25, 0.3) is 11.4 Å². The highest BCUT2D eigenvalue weighted by atomic mass is 16.6. The first-order valence-electron chi connectivity index (χ1n) is 7.29. The molecule has 0 atom stereocenters. The second-order valence-electron chi connectivity index (χ2n) is 5.04. The van der Waals surface area contributed by atoms with Crippen LogP contribution in [0.3, 0.4) is 0 Å². The highest BCUT2D eigenvalue weighted by Gasteiger charge is 2.20. The second-order valence-corrected chi connectivity index (χ2v) is 5.04. The molecule has 0 saturated carbocycles. The highest BCUT2D eigenvalue weighted by molar-refractivity contribution is 5.86. The van der Waals surface area contributed by atoms with Gasteiger partial charge < -0.3 is 4.74 Å². The maximum absolute atomic E-state index is 11.9. The Balaban J connectivity index is 2.09. The number of rotatable bonds is 7. The number of non-ortho nitro benzene ring substituents is 1. The number of nitrogens with zero attached hydrogens (tertiary/aromatic N) is 3. The number of nitrogens with one attached hydrogen (secondary N) is 1. The number of benzene rings is 2. The van der Waals surface area contributed by atoms with Crippen LogP contribution in [0, 0.1) is 20.2 Å². The topological polar surface area (TPSA) is 137 Å². The van der Waals surface area contributed by atoms with Crippen LogP contribution >= 0.6 is 0 Å². The summed E-state index contributed by atoms with van der Waals surface area (Å²) in [6.45, 7) is 0. The number of nitro groups is 2. The van der Waals surface area contributed by atoms with E-state index in [1.165, 1.54) is 19.4 Å². The molecule has 2 aromatic carbocycles. The van der Waals surface area contributed by atoms with Gasteiger partial charge in [-0.3, -0.25) is 25.0 Å². The molecule has 0 aliphatic carbocycles. The third kappa shape index (κ3) is 4.60. The average Bonchev–Trinajstić information content (AvgIpc) is 2.62. The van der Waals surface area contributed by atoms with Crippen molar-refractivity contribution in [1.29, 1.82) is 0 Å². The van der Waals surface area contributed by atoms with Gasteiger partial charge >= 0.3 is 0 Å². The summed E-state index contributed by atoms with van der Waals surface area (Å²) in [6, 6.07) is 10.1. The van der Waals surface area contributed by atoms with E-state index in [1.807, 2.05) is 0 Å². The van der Waals surface area contributed by atoms with E-state index in [-0.39, 0.29) is 12.0 Å². The molecule has 2 rings (SSSR count). The summed E-state index contributed by atoms with van der Waals surface area (Å²) < 4.78 is 5.14. The predicted molar refractivity (Wildman–Crippen MR) is 92.2 cm³/mol. The fourth-order valence-corrected chi connectivity index (χ4v) is 2.14. The first-order chi connectivity index (χ1) is 12.4. The largest absolute Gasteiger partial charge is 0.496 e. The molecule has 10 heteroatoms. The lowest BCUT2D eigenvalue weighted by Crippen LogP contribution is -2.20. The third-order valence-corrected chi connectivity index (χ3v) is 3.36. The van der Waals surface area contributed by atoms with E-state index in [9.17, 15) is 25.0 Å². The van der Waals surface area contributed by atoms with Crippen LogP contribution in [-0.2, 0) is 11.2 Å². The molecule has 0 aliphatic rings. The summed E-state index contributed by atoms with van der Waals surface area (Å²) in [5.41, 5.74) is 2.02. The van der Waals surface area contributed by atoms with Gasteiger partial charge in [-0.25, -0.2) is 5.43 Å². The van der Waals surface area contributed by atoms with E-state index >= 15 is 0 Å². The Morgan fingerprint density at radius 3 is 2.58 bits per heavy atom. The standard InChI is InChI=1S/C16H14N4O6/c1-26-15-5-3-2-4-12(15)10-17-18-16(21)8-11-6-7-13(19(22)23)9-14(11)20(24)25/h2-7,9-10H,8H2,1H3,(H,18,21)/b17-10+. The number of para-hydroxylation sites is 1. The number of methoxy groups -OCH3 is 1. The van der Waals surface area contributed by atoms with Gasteiger partial charge in [0.2, 0.25) is 5.91 Å². The molecule has 0 spiro atoms. The monoisotopic (exact) mass is 358 g/mol. The molecule has 0 heterocycles. The number of carbonyl (C=O) groups excluding carboxylic acids is 1. The number of nitro benzene ring substituents is 2. The SMILES string of the molecule is COc1ccccc1/C=N/NC(=O)Cc1ccc([N+](=O)[O-])cc1[N+](=O)[O-]. The molecular formula is C16H14N4O6. The van der Waals surface area contributed by atoms with Gasteiger partial charge in [0, 0.05) is 17.2 Å². The molecule has 26 heavy (non-hydrogen) atoms. The van der Waals surface area contributed by atoms with Crippen molar-refractivity contribution in [2.45, 2.75) is 6.42 Å². The van der Waals surface area contributed by atoms with Crippen molar-refractivity contribution < 1.29 is 19.4 Å². The van der Waals surface area contributed by atoms with E-state index in [4.69, 9.17) is 4.74 Å². The lowest BCUT2D eigenvalue weighted by atomic mass is 10.1. The molecule has 134 valence electrons. The molecule has 0 saturated heterocycles. The maximum atomic E-state index is 11.9. The van der Waals surface area contributed by atoms with Crippen LogP contribution in [0.25, 0.3) is 0 Å². The minimum Gasteiger partial charge on any atom is -0.496 e. The van der Waals surface area contributed by atoms with Crippen molar-refractivity contribution in [2.75, 3.05) is 7.11 Å². The van der Waals surface area contributed by atoms with E-state index in [0.29, 0.717) is 11.3 Å². The number of carbonyl (C=O) groups is 1. The summed E-state index contributed by atoms with van der Waals surface area (Å²) in [7, 11) is 1.50. The quantitative estimate of drug-likeness (QED) is 0.457. The zero-order valence-corrected chi connectivity index (χ0v) is 13.6. The number of ether oxygens (including phenoxy) is 1. The summed E-state index contributed by atoms with van der Waals surface area (Å²) in [4.78, 5) is 32.2. The fourth-order valence-electron chi connectivity index (χ4n) is 2.14. The highest BCUT2D eigenvalue weighted by Crippen LogP contribution is 2.25. The smallest absolute Gasteiger partial charge is 0.279 e. The van der Waals surface area contributed by atoms with Gasteiger partial charge in [0.15, 0.2) is 0 Å². The molecule has 0 bridgehead atoms. The minimum absolute atomic E-state index is 0.0468. The molecule has 0 radical (unpaired) electrons. The van der Waals surface area contributed by atoms with Crippen LogP contribution < -0.4 is 10.2 Å². The number of amides is 1. The molecular weight excluding hydrogens is 344 g/mol. The van der Waals surface area contributed by atoms with E-state index in [0.717, 1.165) is 12.1 Å². The van der Waals surface area contributed by atoms with E-state index < -0.39 is 27.1 Å². The molecule has 10 nitrogen and oxygen atoms in total. The first-order valence-corrected chi connectivity index (χ1v) is 7.29. The zero-order valence-electron chi connectivity index (χ0n) is 13.6. The maximum Gasteiger partial charge on any atom is 0.279 e. The zero-order chi connectivity index (χ0) is 19.1. The molecule has 0 fully saturated rings. The van der Waals surface area contributed by atoms with Crippen molar-refractivity contribution in [3.63, 3.8) is 0 Å². The minimum atomic E-state index is -0.770. The Morgan fingerprint density at radius 1 is 1.19 bits per heavy atom. The van der Waals surface area contributed by atoms with Gasteiger partial charge in [-0.2, -0.15) is 5.10 Å². The Kier molecular flexibility index (Phi) is 5.93. The second kappa shape index (κ2) is 8.33. The van der Waals surface area contributed by atoms with E-state index in [2.05, 4.69) is 10.5 Å². The summed E-state index contributed by atoms with van der Waals surface area (Å²) >= 11 is 0. The Bertz CT molecular complexity index is 881. The summed E-state index contributed by atoms with van der Waals surface area (Å²) in [6.07, 6.45) is 1.03. The van der Waals surface area contributed by atoms with Gasteiger partial charge in [-0.05, 0) is 18.2 Å². The van der Waals surface area contributed by atoms with Crippen molar-refractivity contribution in [3.05, 3.63) is 73.8 Å². The Labute approximate surface area is 147 Å². The number of hydrogen-bond acceptors (Lipinski definition) is 7. The van der Waals surface area contributed by atoms with Gasteiger partial charge in [-0.15, -0.1) is 0 Å². The van der Waals surface area contributed by atoms with Crippen LogP contribution in [0.1, 0.15) is 11.1 Å². The van der Waals surface area contributed by atoms with Crippen LogP contribution in [0.15, 0.2) is 47.6 Å². The van der Waals surface area contributed by atoms with Crippen LogP contribution in [0.4, 0.5) is 11.4 Å².